The Bertz CT molecular complexity index is 817. The van der Waals surface area contributed by atoms with E-state index < -0.39 is 0 Å². The maximum atomic E-state index is 12.9. The number of ether oxygens (including phenoxy) is 1. The minimum atomic E-state index is -0.203. The molecule has 1 N–H and O–H groups in total. The molecule has 5 nitrogen and oxygen atoms in total. The van der Waals surface area contributed by atoms with Gasteiger partial charge in [0.15, 0.2) is 0 Å². The Balaban J connectivity index is 1.87. The fourth-order valence-corrected chi connectivity index (χ4v) is 3.81. The largest absolute Gasteiger partial charge is 0.496 e. The second kappa shape index (κ2) is 8.63. The molecule has 0 aliphatic carbocycles. The molecule has 0 radical (unpaired) electrons. The first-order valence-electron chi connectivity index (χ1n) is 9.26. The predicted molar refractivity (Wildman–Crippen MR) is 111 cm³/mol. The van der Waals surface area contributed by atoms with Gasteiger partial charge >= 0.3 is 0 Å². The summed E-state index contributed by atoms with van der Waals surface area (Å²) in [5, 5.41) is 3.68. The molecule has 1 aliphatic rings. The third-order valence-corrected chi connectivity index (χ3v) is 5.34. The molecule has 2 aromatic carbocycles. The average molecular weight is 388 g/mol. The highest BCUT2D eigenvalue weighted by molar-refractivity contribution is 6.34. The number of nitrogens with zero attached hydrogens (tertiary/aromatic N) is 2. The lowest BCUT2D eigenvalue weighted by molar-refractivity contribution is 0.102. The summed E-state index contributed by atoms with van der Waals surface area (Å²) in [6.07, 6.45) is 0. The van der Waals surface area contributed by atoms with E-state index in [9.17, 15) is 4.79 Å². The van der Waals surface area contributed by atoms with Crippen LogP contribution in [0, 0.1) is 6.92 Å². The van der Waals surface area contributed by atoms with Crippen molar-refractivity contribution in [1.82, 2.24) is 4.90 Å². The fourth-order valence-electron chi connectivity index (χ4n) is 3.52. The van der Waals surface area contributed by atoms with E-state index in [0.29, 0.717) is 16.3 Å². The van der Waals surface area contributed by atoms with Gasteiger partial charge in [0.1, 0.15) is 5.75 Å². The number of aryl methyl sites for hydroxylation is 1. The first-order chi connectivity index (χ1) is 13.0. The van der Waals surface area contributed by atoms with E-state index in [4.69, 9.17) is 16.3 Å². The number of rotatable bonds is 5. The van der Waals surface area contributed by atoms with E-state index in [2.05, 4.69) is 22.0 Å². The maximum absolute atomic E-state index is 12.9. The van der Waals surface area contributed by atoms with E-state index in [0.717, 1.165) is 49.7 Å². The summed E-state index contributed by atoms with van der Waals surface area (Å²) in [7, 11) is 1.58. The van der Waals surface area contributed by atoms with Crippen molar-refractivity contribution in [2.24, 2.45) is 0 Å². The second-order valence-corrected chi connectivity index (χ2v) is 7.07. The van der Waals surface area contributed by atoms with Crippen molar-refractivity contribution in [2.45, 2.75) is 13.8 Å². The second-order valence-electron chi connectivity index (χ2n) is 6.67. The Kier molecular flexibility index (Phi) is 6.24. The summed E-state index contributed by atoms with van der Waals surface area (Å²) in [6.45, 7) is 8.89. The minimum absolute atomic E-state index is 0.203. The number of nitrogens with one attached hydrogen (secondary N) is 1. The Morgan fingerprint density at radius 2 is 1.85 bits per heavy atom. The molecular weight excluding hydrogens is 362 g/mol. The lowest BCUT2D eigenvalue weighted by atomic mass is 10.1. The SMILES string of the molecule is CCN1CCN(c2c(Cl)cccc2NC(=O)c2cccc(C)c2OC)CC1. The van der Waals surface area contributed by atoms with Crippen molar-refractivity contribution in [3.63, 3.8) is 0 Å². The molecule has 0 unspecified atom stereocenters. The van der Waals surface area contributed by atoms with Gasteiger partial charge in [-0.3, -0.25) is 4.79 Å². The molecule has 6 heteroatoms. The first-order valence-corrected chi connectivity index (χ1v) is 9.63. The van der Waals surface area contributed by atoms with Gasteiger partial charge in [-0.1, -0.05) is 36.7 Å². The molecule has 0 saturated carbocycles. The van der Waals surface area contributed by atoms with Crippen LogP contribution in [0.1, 0.15) is 22.8 Å². The number of carbonyl (C=O) groups excluding carboxylic acids is 1. The molecule has 144 valence electrons. The molecule has 1 fully saturated rings. The van der Waals surface area contributed by atoms with Crippen LogP contribution in [0.15, 0.2) is 36.4 Å². The lowest BCUT2D eigenvalue weighted by Crippen LogP contribution is -2.46. The Hall–Kier alpha value is -2.24. The van der Waals surface area contributed by atoms with E-state index in [1.54, 1.807) is 13.2 Å². The van der Waals surface area contributed by atoms with Gasteiger partial charge < -0.3 is 19.9 Å². The molecule has 1 aliphatic heterocycles. The number of amides is 1. The normalized spacial score (nSPS) is 14.9. The van der Waals surface area contributed by atoms with Crippen LogP contribution in [-0.4, -0.2) is 50.6 Å². The standard InChI is InChI=1S/C21H26ClN3O2/c1-4-24-11-13-25(14-12-24)19-17(22)9-6-10-18(19)23-21(26)16-8-5-7-15(2)20(16)27-3/h5-10H,4,11-14H2,1-3H3,(H,23,26). The van der Waals surface area contributed by atoms with Crippen LogP contribution in [0.25, 0.3) is 0 Å². The van der Waals surface area contributed by atoms with Gasteiger partial charge in [-0.05, 0) is 37.2 Å². The van der Waals surface area contributed by atoms with E-state index in [1.807, 2.05) is 37.3 Å². The Labute approximate surface area is 165 Å². The molecule has 0 bridgehead atoms. The monoisotopic (exact) mass is 387 g/mol. The molecule has 0 aromatic heterocycles. The third-order valence-electron chi connectivity index (χ3n) is 5.03. The van der Waals surface area contributed by atoms with Gasteiger partial charge in [0.25, 0.3) is 5.91 Å². The number of benzene rings is 2. The molecule has 27 heavy (non-hydrogen) atoms. The topological polar surface area (TPSA) is 44.8 Å². The number of halogens is 1. The van der Waals surface area contributed by atoms with Crippen molar-refractivity contribution < 1.29 is 9.53 Å². The van der Waals surface area contributed by atoms with Crippen molar-refractivity contribution in [1.29, 1.82) is 0 Å². The number of hydrogen-bond donors (Lipinski definition) is 1. The van der Waals surface area contributed by atoms with E-state index in [1.165, 1.54) is 0 Å². The van der Waals surface area contributed by atoms with Gasteiger partial charge in [-0.15, -0.1) is 0 Å². The Morgan fingerprint density at radius 3 is 2.52 bits per heavy atom. The first kappa shape index (κ1) is 19.5. The van der Waals surface area contributed by atoms with Gasteiger partial charge in [0.05, 0.1) is 29.1 Å². The molecule has 1 heterocycles. The molecule has 1 saturated heterocycles. The smallest absolute Gasteiger partial charge is 0.259 e. The highest BCUT2D eigenvalue weighted by Gasteiger charge is 2.22. The summed E-state index contributed by atoms with van der Waals surface area (Å²) >= 11 is 6.51. The quantitative estimate of drug-likeness (QED) is 0.840. The van der Waals surface area contributed by atoms with Crippen LogP contribution in [0.2, 0.25) is 5.02 Å². The summed E-state index contributed by atoms with van der Waals surface area (Å²) < 4.78 is 5.43. The number of piperazine rings is 1. The average Bonchev–Trinajstić information content (AvgIpc) is 2.68. The van der Waals surface area contributed by atoms with Gasteiger partial charge in [0, 0.05) is 26.2 Å². The van der Waals surface area contributed by atoms with Crippen LogP contribution in [0.3, 0.4) is 0 Å². The zero-order chi connectivity index (χ0) is 19.4. The third kappa shape index (κ3) is 4.20. The van der Waals surface area contributed by atoms with Crippen molar-refractivity contribution in [3.8, 4) is 5.75 Å². The minimum Gasteiger partial charge on any atom is -0.496 e. The molecule has 2 aromatic rings. The van der Waals surface area contributed by atoms with Gasteiger partial charge in [-0.2, -0.15) is 0 Å². The summed E-state index contributed by atoms with van der Waals surface area (Å²) in [5.41, 5.74) is 3.04. The molecule has 3 rings (SSSR count). The number of hydrogen-bond acceptors (Lipinski definition) is 4. The molecule has 0 atom stereocenters. The fraction of sp³-hybridized carbons (Fsp3) is 0.381. The van der Waals surface area contributed by atoms with Gasteiger partial charge in [-0.25, -0.2) is 0 Å². The van der Waals surface area contributed by atoms with Crippen molar-refractivity contribution in [3.05, 3.63) is 52.5 Å². The van der Waals surface area contributed by atoms with Crippen LogP contribution in [-0.2, 0) is 0 Å². The molecule has 1 amide bonds. The number of carbonyl (C=O) groups is 1. The Morgan fingerprint density at radius 1 is 1.15 bits per heavy atom. The zero-order valence-corrected chi connectivity index (χ0v) is 16.8. The summed E-state index contributed by atoms with van der Waals surface area (Å²) in [5.74, 6) is 0.390. The van der Waals surface area contributed by atoms with Crippen LogP contribution < -0.4 is 15.0 Å². The van der Waals surface area contributed by atoms with Crippen molar-refractivity contribution >= 4 is 28.9 Å². The van der Waals surface area contributed by atoms with Gasteiger partial charge in [0.2, 0.25) is 0 Å². The predicted octanol–water partition coefficient (Wildman–Crippen LogP) is 4.05. The number of likely N-dealkylation sites (N-methyl/N-ethyl adjacent to an activating group) is 1. The number of methoxy groups -OCH3 is 1. The van der Waals surface area contributed by atoms with Crippen LogP contribution in [0.4, 0.5) is 11.4 Å². The summed E-state index contributed by atoms with van der Waals surface area (Å²) in [4.78, 5) is 17.6. The van der Waals surface area contributed by atoms with E-state index >= 15 is 0 Å². The summed E-state index contributed by atoms with van der Waals surface area (Å²) in [6, 6.07) is 11.2. The van der Waals surface area contributed by atoms with Crippen molar-refractivity contribution in [2.75, 3.05) is 50.1 Å². The maximum Gasteiger partial charge on any atom is 0.259 e. The van der Waals surface area contributed by atoms with E-state index in [-0.39, 0.29) is 5.91 Å². The highest BCUT2D eigenvalue weighted by Crippen LogP contribution is 2.35. The molecular formula is C21H26ClN3O2. The van der Waals surface area contributed by atoms with Crippen LogP contribution in [0.5, 0.6) is 5.75 Å². The number of para-hydroxylation sites is 2. The zero-order valence-electron chi connectivity index (χ0n) is 16.1. The highest BCUT2D eigenvalue weighted by atomic mass is 35.5. The number of anilines is 2. The molecule has 0 spiro atoms. The van der Waals surface area contributed by atoms with Crippen LogP contribution >= 0.6 is 11.6 Å². The lowest BCUT2D eigenvalue weighted by Gasteiger charge is -2.36.